The highest BCUT2D eigenvalue weighted by molar-refractivity contribution is 6.32. The van der Waals surface area contributed by atoms with Crippen LogP contribution in [0, 0.1) is 0 Å². The molecule has 0 fully saturated rings. The maximum atomic E-state index is 10.3. The third-order valence-corrected chi connectivity index (χ3v) is 1.97. The third kappa shape index (κ3) is 1.45. The van der Waals surface area contributed by atoms with Crippen LogP contribution in [0.5, 0.6) is 0 Å². The summed E-state index contributed by atoms with van der Waals surface area (Å²) in [6.45, 7) is 0. The second-order valence-corrected chi connectivity index (χ2v) is 3.33. The van der Waals surface area contributed by atoms with Crippen molar-refractivity contribution in [3.63, 3.8) is 0 Å². The van der Waals surface area contributed by atoms with Gasteiger partial charge in [0.15, 0.2) is 0 Å². The Balaban J connectivity index is 3.00. The van der Waals surface area contributed by atoms with Gasteiger partial charge < -0.3 is 5.11 Å². The fraction of sp³-hybridized carbons (Fsp3) is 0. The zero-order chi connectivity index (χ0) is 7.56. The van der Waals surface area contributed by atoms with Crippen LogP contribution in [-0.2, 0) is 0 Å². The second-order valence-electron chi connectivity index (χ2n) is 2.17. The standard InChI is InChI=1S/C7H8O2Si/c8-7(9)5-1-3-6(10)4-2-5/h1-4H,10H3,(H,8,9). The van der Waals surface area contributed by atoms with Crippen molar-refractivity contribution in [1.82, 2.24) is 0 Å². The molecule has 0 saturated carbocycles. The SMILES string of the molecule is O=C(O)c1ccc([SiH3])cc1. The number of aromatic carboxylic acids is 1. The Morgan fingerprint density at radius 3 is 2.20 bits per heavy atom. The monoisotopic (exact) mass is 152 g/mol. The molecule has 1 N–H and O–H groups in total. The summed E-state index contributed by atoms with van der Waals surface area (Å²) in [6, 6.07) is 6.95. The number of carboxylic acid groups (broad SMARTS) is 1. The minimum absolute atomic E-state index is 0.361. The van der Waals surface area contributed by atoms with Crippen molar-refractivity contribution in [2.24, 2.45) is 0 Å². The first kappa shape index (κ1) is 7.02. The quantitative estimate of drug-likeness (QED) is 0.544. The topological polar surface area (TPSA) is 37.3 Å². The van der Waals surface area contributed by atoms with Gasteiger partial charge in [-0.05, 0) is 12.1 Å². The summed E-state index contributed by atoms with van der Waals surface area (Å²) in [5.41, 5.74) is 0.361. The second kappa shape index (κ2) is 2.66. The molecule has 0 heterocycles. The highest BCUT2D eigenvalue weighted by atomic mass is 28.1. The van der Waals surface area contributed by atoms with E-state index in [1.165, 1.54) is 5.19 Å². The van der Waals surface area contributed by atoms with Crippen LogP contribution in [0.15, 0.2) is 24.3 Å². The molecule has 10 heavy (non-hydrogen) atoms. The molecule has 0 atom stereocenters. The van der Waals surface area contributed by atoms with E-state index in [2.05, 4.69) is 0 Å². The van der Waals surface area contributed by atoms with Crippen molar-refractivity contribution in [2.75, 3.05) is 0 Å². The van der Waals surface area contributed by atoms with Crippen LogP contribution in [0.4, 0.5) is 0 Å². The summed E-state index contributed by atoms with van der Waals surface area (Å²) < 4.78 is 0. The molecule has 52 valence electrons. The van der Waals surface area contributed by atoms with Gasteiger partial charge in [0.25, 0.3) is 0 Å². The van der Waals surface area contributed by atoms with E-state index in [0.717, 1.165) is 10.2 Å². The molecule has 0 spiro atoms. The molecule has 1 aromatic rings. The van der Waals surface area contributed by atoms with E-state index < -0.39 is 5.97 Å². The fourth-order valence-corrected chi connectivity index (χ4v) is 1.03. The first-order chi connectivity index (χ1) is 4.70. The predicted octanol–water partition coefficient (Wildman–Crippen LogP) is -0.625. The zero-order valence-corrected chi connectivity index (χ0v) is 7.66. The number of carboxylic acids is 1. The molecule has 0 aliphatic rings. The fourth-order valence-electron chi connectivity index (χ4n) is 0.696. The number of hydrogen-bond donors (Lipinski definition) is 1. The molecule has 0 aromatic heterocycles. The molecular formula is C7H8O2Si. The van der Waals surface area contributed by atoms with E-state index >= 15 is 0 Å². The van der Waals surface area contributed by atoms with Crippen LogP contribution in [-0.4, -0.2) is 21.3 Å². The maximum Gasteiger partial charge on any atom is 0.335 e. The Labute approximate surface area is 61.9 Å². The number of rotatable bonds is 1. The molecule has 0 saturated heterocycles. The van der Waals surface area contributed by atoms with Crippen LogP contribution >= 0.6 is 0 Å². The lowest BCUT2D eigenvalue weighted by Gasteiger charge is -1.92. The zero-order valence-electron chi connectivity index (χ0n) is 5.66. The molecule has 0 aliphatic carbocycles. The molecule has 0 unspecified atom stereocenters. The Morgan fingerprint density at radius 2 is 1.80 bits per heavy atom. The average molecular weight is 152 g/mol. The van der Waals surface area contributed by atoms with Crippen LogP contribution in [0.2, 0.25) is 0 Å². The molecule has 1 aromatic carbocycles. The normalized spacial score (nSPS) is 9.60. The van der Waals surface area contributed by atoms with Crippen LogP contribution < -0.4 is 5.19 Å². The van der Waals surface area contributed by atoms with E-state index in [0.29, 0.717) is 5.56 Å². The summed E-state index contributed by atoms with van der Waals surface area (Å²) in [7, 11) is 0.975. The van der Waals surface area contributed by atoms with Crippen molar-refractivity contribution in [1.29, 1.82) is 0 Å². The van der Waals surface area contributed by atoms with E-state index in [9.17, 15) is 4.79 Å². The number of benzene rings is 1. The highest BCUT2D eigenvalue weighted by Crippen LogP contribution is 1.94. The number of carbonyl (C=O) groups is 1. The van der Waals surface area contributed by atoms with Gasteiger partial charge in [0.05, 0.1) is 5.56 Å². The molecule has 3 heteroatoms. The van der Waals surface area contributed by atoms with Crippen LogP contribution in [0.3, 0.4) is 0 Å². The van der Waals surface area contributed by atoms with Gasteiger partial charge in [-0.1, -0.05) is 17.3 Å². The van der Waals surface area contributed by atoms with Crippen molar-refractivity contribution < 1.29 is 9.90 Å². The molecule has 2 nitrogen and oxygen atoms in total. The lowest BCUT2D eigenvalue weighted by atomic mass is 10.2. The molecule has 0 amide bonds. The Bertz CT molecular complexity index is 240. The first-order valence-corrected chi connectivity index (χ1v) is 4.00. The van der Waals surface area contributed by atoms with Crippen molar-refractivity contribution in [2.45, 2.75) is 0 Å². The lowest BCUT2D eigenvalue weighted by molar-refractivity contribution is 0.0697. The van der Waals surface area contributed by atoms with Gasteiger partial charge in [0.2, 0.25) is 0 Å². The highest BCUT2D eigenvalue weighted by Gasteiger charge is 1.98. The molecule has 1 rings (SSSR count). The van der Waals surface area contributed by atoms with Crippen molar-refractivity contribution in [3.8, 4) is 0 Å². The first-order valence-electron chi connectivity index (χ1n) is 3.00. The van der Waals surface area contributed by atoms with E-state index in [4.69, 9.17) is 5.11 Å². The summed E-state index contributed by atoms with van der Waals surface area (Å²) in [6.07, 6.45) is 0. The van der Waals surface area contributed by atoms with E-state index in [-0.39, 0.29) is 0 Å². The van der Waals surface area contributed by atoms with Crippen LogP contribution in [0.25, 0.3) is 0 Å². The van der Waals surface area contributed by atoms with Crippen molar-refractivity contribution >= 4 is 21.4 Å². The van der Waals surface area contributed by atoms with Gasteiger partial charge in [-0.25, -0.2) is 4.79 Å². The Hall–Kier alpha value is -1.09. The third-order valence-electron chi connectivity index (χ3n) is 1.30. The molecular weight excluding hydrogens is 144 g/mol. The minimum Gasteiger partial charge on any atom is -0.478 e. The van der Waals surface area contributed by atoms with E-state index in [1.54, 1.807) is 12.1 Å². The van der Waals surface area contributed by atoms with Crippen LogP contribution in [0.1, 0.15) is 10.4 Å². The Morgan fingerprint density at radius 1 is 1.30 bits per heavy atom. The van der Waals surface area contributed by atoms with Gasteiger partial charge >= 0.3 is 5.97 Å². The average Bonchev–Trinajstić information content (AvgIpc) is 1.88. The summed E-state index contributed by atoms with van der Waals surface area (Å²) in [5.74, 6) is -0.860. The van der Waals surface area contributed by atoms with Gasteiger partial charge in [0, 0.05) is 10.2 Å². The summed E-state index contributed by atoms with van der Waals surface area (Å²) in [5, 5.41) is 9.70. The smallest absolute Gasteiger partial charge is 0.335 e. The number of hydrogen-bond acceptors (Lipinski definition) is 1. The lowest BCUT2D eigenvalue weighted by Crippen LogP contribution is -2.03. The predicted molar refractivity (Wildman–Crippen MR) is 43.0 cm³/mol. The van der Waals surface area contributed by atoms with Gasteiger partial charge in [-0.2, -0.15) is 0 Å². The molecule has 0 aliphatic heterocycles. The maximum absolute atomic E-state index is 10.3. The largest absolute Gasteiger partial charge is 0.478 e. The van der Waals surface area contributed by atoms with Gasteiger partial charge in [0.1, 0.15) is 0 Å². The summed E-state index contributed by atoms with van der Waals surface area (Å²) >= 11 is 0. The van der Waals surface area contributed by atoms with E-state index in [1.807, 2.05) is 12.1 Å². The minimum atomic E-state index is -0.860. The molecule has 0 radical (unpaired) electrons. The Kier molecular flexibility index (Phi) is 1.87. The van der Waals surface area contributed by atoms with Gasteiger partial charge in [-0.15, -0.1) is 0 Å². The summed E-state index contributed by atoms with van der Waals surface area (Å²) in [4.78, 5) is 10.3. The van der Waals surface area contributed by atoms with Gasteiger partial charge in [-0.3, -0.25) is 0 Å². The molecule has 0 bridgehead atoms. The van der Waals surface area contributed by atoms with Crippen molar-refractivity contribution in [3.05, 3.63) is 29.8 Å².